The molecule has 2 fully saturated rings. The fourth-order valence-electron chi connectivity index (χ4n) is 5.80. The van der Waals surface area contributed by atoms with Crippen LogP contribution in [0.2, 0.25) is 0 Å². The van der Waals surface area contributed by atoms with Crippen LogP contribution in [0.3, 0.4) is 0 Å². The number of fused-ring (bicyclic) bond motifs is 3. The minimum Gasteiger partial charge on any atom is -0.453 e. The lowest BCUT2D eigenvalue weighted by molar-refractivity contribution is 0.0800. The molecule has 2 unspecified atom stereocenters. The van der Waals surface area contributed by atoms with Crippen molar-refractivity contribution in [3.05, 3.63) is 48.2 Å². The molecule has 4 aromatic rings. The van der Waals surface area contributed by atoms with E-state index in [9.17, 15) is 9.59 Å². The number of H-pyrrole nitrogens is 1. The number of methoxy groups -OCH3 is 1. The van der Waals surface area contributed by atoms with Crippen LogP contribution in [0.1, 0.15) is 54.6 Å². The third-order valence-electron chi connectivity index (χ3n) is 7.38. The summed E-state index contributed by atoms with van der Waals surface area (Å²) < 4.78 is 6.53. The number of carbonyl (C=O) groups excluding carboxylic acids is 2. The van der Waals surface area contributed by atoms with Gasteiger partial charge in [-0.15, -0.1) is 0 Å². The van der Waals surface area contributed by atoms with Crippen molar-refractivity contribution in [2.45, 2.75) is 50.6 Å². The molecule has 11 nitrogen and oxygen atoms in total. The van der Waals surface area contributed by atoms with E-state index in [1.807, 2.05) is 17.0 Å². The van der Waals surface area contributed by atoms with E-state index in [0.29, 0.717) is 35.6 Å². The van der Waals surface area contributed by atoms with Gasteiger partial charge < -0.3 is 20.4 Å². The molecular formula is C25H26N8O3. The Morgan fingerprint density at radius 3 is 2.53 bits per heavy atom. The zero-order chi connectivity index (χ0) is 25.0. The van der Waals surface area contributed by atoms with Crippen LogP contribution < -0.4 is 5.73 Å². The number of nitrogens with zero attached hydrogens (tertiary/aromatic N) is 6. The lowest BCUT2D eigenvalue weighted by Gasteiger charge is -2.38. The van der Waals surface area contributed by atoms with Gasteiger partial charge in [-0.2, -0.15) is 9.61 Å². The highest BCUT2D eigenvalue weighted by molar-refractivity contribution is 6.00. The molecule has 36 heavy (non-hydrogen) atoms. The number of aromatic amines is 1. The lowest BCUT2D eigenvalue weighted by Crippen LogP contribution is -2.46. The third-order valence-corrected chi connectivity index (χ3v) is 7.38. The van der Waals surface area contributed by atoms with E-state index in [-0.39, 0.29) is 35.7 Å². The average Bonchev–Trinajstić information content (AvgIpc) is 3.62. The zero-order valence-corrected chi connectivity index (χ0v) is 20.0. The molecule has 2 atom stereocenters. The largest absolute Gasteiger partial charge is 0.453 e. The number of ketones is 1. The molecule has 4 aromatic heterocycles. The fourth-order valence-corrected chi connectivity index (χ4v) is 5.80. The highest BCUT2D eigenvalue weighted by Crippen LogP contribution is 2.44. The molecule has 0 saturated carbocycles. The van der Waals surface area contributed by atoms with Gasteiger partial charge >= 0.3 is 6.09 Å². The van der Waals surface area contributed by atoms with E-state index in [1.165, 1.54) is 18.5 Å². The molecule has 184 valence electrons. The monoisotopic (exact) mass is 486 g/mol. The number of amides is 1. The second-order valence-corrected chi connectivity index (χ2v) is 9.41. The van der Waals surface area contributed by atoms with Gasteiger partial charge in [0.05, 0.1) is 24.6 Å². The molecule has 2 aliphatic heterocycles. The topological polar surface area (TPSA) is 144 Å². The van der Waals surface area contributed by atoms with E-state index in [0.717, 1.165) is 29.7 Å². The van der Waals surface area contributed by atoms with Crippen LogP contribution >= 0.6 is 0 Å². The molecule has 0 radical (unpaired) electrons. The maximum atomic E-state index is 12.7. The predicted octanol–water partition coefficient (Wildman–Crippen LogP) is 3.44. The number of Topliss-reactive ketones (excluding diaryl/α,β-unsaturated/α-hetero) is 1. The molecule has 6 heterocycles. The molecule has 0 aromatic carbocycles. The van der Waals surface area contributed by atoms with Crippen molar-refractivity contribution in [1.82, 2.24) is 34.4 Å². The number of hydrogen-bond donors (Lipinski definition) is 2. The average molecular weight is 487 g/mol. The summed E-state index contributed by atoms with van der Waals surface area (Å²) in [7, 11) is 1.41. The standard InChI is InChI=1S/C25H26N8O3/c1-13(34)20-21(15-9-16-4-5-17(10-15)32(16)25(35)36-2)31-24-18(12-30-33(24)22(20)26)14-3-6-19(29-11-14)23-27-7-8-28-23/h3,6-8,11-12,15-17H,4-5,9-10,26H2,1-2H3,(H,27,28). The number of aromatic nitrogens is 6. The molecular weight excluding hydrogens is 460 g/mol. The first kappa shape index (κ1) is 22.2. The summed E-state index contributed by atoms with van der Waals surface area (Å²) in [6, 6.07) is 3.94. The summed E-state index contributed by atoms with van der Waals surface area (Å²) in [5, 5.41) is 4.45. The summed E-state index contributed by atoms with van der Waals surface area (Å²) in [4.78, 5) is 43.7. The molecule has 1 amide bonds. The molecule has 0 spiro atoms. The highest BCUT2D eigenvalue weighted by atomic mass is 16.5. The lowest BCUT2D eigenvalue weighted by atomic mass is 9.85. The quantitative estimate of drug-likeness (QED) is 0.417. The van der Waals surface area contributed by atoms with Gasteiger partial charge in [-0.25, -0.2) is 14.8 Å². The van der Waals surface area contributed by atoms with Gasteiger partial charge in [0.1, 0.15) is 11.5 Å². The Labute approximate surface area is 206 Å². The van der Waals surface area contributed by atoms with Crippen LogP contribution in [0.5, 0.6) is 0 Å². The van der Waals surface area contributed by atoms with Gasteiger partial charge in [0.15, 0.2) is 17.3 Å². The van der Waals surface area contributed by atoms with Crippen molar-refractivity contribution in [3.8, 4) is 22.6 Å². The van der Waals surface area contributed by atoms with E-state index < -0.39 is 0 Å². The number of imidazole rings is 1. The number of pyridine rings is 1. The molecule has 3 N–H and O–H groups in total. The van der Waals surface area contributed by atoms with Gasteiger partial charge in [-0.3, -0.25) is 9.78 Å². The van der Waals surface area contributed by atoms with Crippen molar-refractivity contribution in [2.75, 3.05) is 12.8 Å². The van der Waals surface area contributed by atoms with Crippen LogP contribution in [0.25, 0.3) is 28.3 Å². The SMILES string of the molecule is COC(=O)N1C2CCC1CC(c1nc3c(-c4ccc(-c5ncc[nH]5)nc4)cnn3c(N)c1C(C)=O)C2. The Bertz CT molecular complexity index is 1450. The third kappa shape index (κ3) is 3.42. The number of anilines is 1. The first-order chi connectivity index (χ1) is 17.5. The Morgan fingerprint density at radius 2 is 1.92 bits per heavy atom. The summed E-state index contributed by atoms with van der Waals surface area (Å²) in [5.74, 6) is 0.805. The van der Waals surface area contributed by atoms with Gasteiger partial charge in [-0.05, 0) is 38.7 Å². The molecule has 2 bridgehead atoms. The number of ether oxygens (including phenoxy) is 1. The Balaban J connectivity index is 1.42. The van der Waals surface area contributed by atoms with Crippen molar-refractivity contribution >= 4 is 23.3 Å². The number of rotatable bonds is 4. The van der Waals surface area contributed by atoms with Crippen LogP contribution in [-0.2, 0) is 4.74 Å². The fraction of sp³-hybridized carbons (Fsp3) is 0.360. The van der Waals surface area contributed by atoms with E-state index >= 15 is 0 Å². The minimum atomic E-state index is -0.292. The number of nitrogens with one attached hydrogen (secondary N) is 1. The van der Waals surface area contributed by atoms with E-state index in [4.69, 9.17) is 15.5 Å². The number of piperidine rings is 1. The molecule has 11 heteroatoms. The van der Waals surface area contributed by atoms with E-state index in [2.05, 4.69) is 20.1 Å². The summed E-state index contributed by atoms with van der Waals surface area (Å²) in [5.41, 5.74) is 10.5. The van der Waals surface area contributed by atoms with Crippen LogP contribution in [0.4, 0.5) is 10.6 Å². The molecule has 2 saturated heterocycles. The minimum absolute atomic E-state index is 0.00295. The highest BCUT2D eigenvalue weighted by Gasteiger charge is 2.45. The normalized spacial score (nSPS) is 21.2. The van der Waals surface area contributed by atoms with Crippen molar-refractivity contribution in [3.63, 3.8) is 0 Å². The van der Waals surface area contributed by atoms with Gasteiger partial charge in [0.2, 0.25) is 0 Å². The first-order valence-corrected chi connectivity index (χ1v) is 12.0. The van der Waals surface area contributed by atoms with Crippen molar-refractivity contribution in [1.29, 1.82) is 0 Å². The number of nitrogen functional groups attached to an aromatic ring is 1. The summed E-state index contributed by atoms with van der Waals surface area (Å²) in [6.07, 6.45) is 9.82. The summed E-state index contributed by atoms with van der Waals surface area (Å²) in [6.45, 7) is 1.50. The Kier molecular flexibility index (Phi) is 5.20. The van der Waals surface area contributed by atoms with E-state index in [1.54, 1.807) is 24.8 Å². The van der Waals surface area contributed by atoms with Crippen LogP contribution in [0, 0.1) is 0 Å². The molecule has 0 aliphatic carbocycles. The van der Waals surface area contributed by atoms with Crippen molar-refractivity contribution < 1.29 is 14.3 Å². The number of nitrogens with two attached hydrogens (primary N) is 1. The zero-order valence-electron chi connectivity index (χ0n) is 20.0. The maximum absolute atomic E-state index is 12.7. The second-order valence-electron chi connectivity index (χ2n) is 9.41. The predicted molar refractivity (Wildman–Crippen MR) is 131 cm³/mol. The number of hydrogen-bond acceptors (Lipinski definition) is 8. The Morgan fingerprint density at radius 1 is 1.14 bits per heavy atom. The first-order valence-electron chi connectivity index (χ1n) is 12.0. The Hall–Kier alpha value is -4.28. The summed E-state index contributed by atoms with van der Waals surface area (Å²) >= 11 is 0. The number of carbonyl (C=O) groups is 2. The van der Waals surface area contributed by atoms with Crippen LogP contribution in [0.15, 0.2) is 36.9 Å². The van der Waals surface area contributed by atoms with Gasteiger partial charge in [0, 0.05) is 47.7 Å². The second kappa shape index (κ2) is 8.43. The van der Waals surface area contributed by atoms with Gasteiger partial charge in [-0.1, -0.05) is 6.07 Å². The smallest absolute Gasteiger partial charge is 0.409 e. The maximum Gasteiger partial charge on any atom is 0.409 e. The van der Waals surface area contributed by atoms with Crippen LogP contribution in [-0.4, -0.2) is 65.5 Å². The van der Waals surface area contributed by atoms with Crippen molar-refractivity contribution in [2.24, 2.45) is 0 Å². The molecule has 6 rings (SSSR count). The van der Waals surface area contributed by atoms with Gasteiger partial charge in [0.25, 0.3) is 0 Å². The molecule has 2 aliphatic rings.